The fourth-order valence-corrected chi connectivity index (χ4v) is 1.77. The van der Waals surface area contributed by atoms with Crippen molar-refractivity contribution in [2.45, 2.75) is 6.92 Å². The van der Waals surface area contributed by atoms with Gasteiger partial charge in [-0.3, -0.25) is 0 Å². The first-order chi connectivity index (χ1) is 8.11. The molecule has 0 heterocycles. The number of benzene rings is 2. The van der Waals surface area contributed by atoms with Crippen LogP contribution in [0.15, 0.2) is 36.4 Å². The Morgan fingerprint density at radius 1 is 1.06 bits per heavy atom. The quantitative estimate of drug-likeness (QED) is 0.804. The molecule has 0 aliphatic carbocycles. The van der Waals surface area contributed by atoms with Crippen LogP contribution in [0.1, 0.15) is 5.56 Å². The minimum Gasteiger partial charge on any atom is -0.497 e. The number of ether oxygens (including phenoxy) is 1. The van der Waals surface area contributed by atoms with Crippen molar-refractivity contribution in [1.29, 1.82) is 0 Å². The van der Waals surface area contributed by atoms with Gasteiger partial charge in [-0.15, -0.1) is 0 Å². The third kappa shape index (κ3) is 2.23. The zero-order valence-electron chi connectivity index (χ0n) is 9.83. The molecule has 0 unspecified atom stereocenters. The molecule has 0 fully saturated rings. The van der Waals surface area contributed by atoms with Gasteiger partial charge < -0.3 is 10.5 Å². The average Bonchev–Trinajstić information content (AvgIpc) is 2.32. The molecule has 0 amide bonds. The van der Waals surface area contributed by atoms with E-state index in [1.165, 1.54) is 13.2 Å². The third-order valence-electron chi connectivity index (χ3n) is 2.73. The first kappa shape index (κ1) is 11.5. The van der Waals surface area contributed by atoms with Gasteiger partial charge in [0.2, 0.25) is 0 Å². The predicted octanol–water partition coefficient (Wildman–Crippen LogP) is 3.39. The van der Waals surface area contributed by atoms with Crippen LogP contribution in [0.2, 0.25) is 0 Å². The van der Waals surface area contributed by atoms with E-state index in [9.17, 15) is 4.39 Å². The first-order valence-electron chi connectivity index (χ1n) is 5.32. The van der Waals surface area contributed by atoms with Crippen molar-refractivity contribution in [2.75, 3.05) is 12.8 Å². The number of anilines is 1. The Morgan fingerprint density at radius 2 is 1.82 bits per heavy atom. The highest BCUT2D eigenvalue weighted by atomic mass is 19.1. The van der Waals surface area contributed by atoms with Crippen LogP contribution in [-0.2, 0) is 0 Å². The molecule has 2 aromatic carbocycles. The van der Waals surface area contributed by atoms with Crippen molar-refractivity contribution >= 4 is 5.69 Å². The maximum absolute atomic E-state index is 13.9. The van der Waals surface area contributed by atoms with Gasteiger partial charge in [0.05, 0.1) is 7.11 Å². The number of rotatable bonds is 2. The van der Waals surface area contributed by atoms with Crippen LogP contribution in [-0.4, -0.2) is 7.11 Å². The Kier molecular flexibility index (Phi) is 3.00. The minimum atomic E-state index is -0.307. The Labute approximate surface area is 99.8 Å². The van der Waals surface area contributed by atoms with Gasteiger partial charge in [0.1, 0.15) is 11.6 Å². The lowest BCUT2D eigenvalue weighted by molar-refractivity contribution is 0.411. The summed E-state index contributed by atoms with van der Waals surface area (Å²) >= 11 is 0. The Bertz CT molecular complexity index is 552. The van der Waals surface area contributed by atoms with Crippen LogP contribution in [0.3, 0.4) is 0 Å². The van der Waals surface area contributed by atoms with E-state index in [-0.39, 0.29) is 5.82 Å². The molecular weight excluding hydrogens is 217 g/mol. The molecule has 0 aliphatic rings. The number of hydrogen-bond acceptors (Lipinski definition) is 2. The summed E-state index contributed by atoms with van der Waals surface area (Å²) in [5, 5.41) is 0. The van der Waals surface area contributed by atoms with E-state index in [0.29, 0.717) is 17.0 Å². The third-order valence-corrected chi connectivity index (χ3v) is 2.73. The lowest BCUT2D eigenvalue weighted by Crippen LogP contribution is -1.92. The van der Waals surface area contributed by atoms with E-state index < -0.39 is 0 Å². The molecule has 0 aliphatic heterocycles. The van der Waals surface area contributed by atoms with E-state index in [1.54, 1.807) is 24.3 Å². The Balaban J connectivity index is 2.56. The summed E-state index contributed by atoms with van der Waals surface area (Å²) in [7, 11) is 1.51. The lowest BCUT2D eigenvalue weighted by Gasteiger charge is -2.09. The van der Waals surface area contributed by atoms with Gasteiger partial charge in [0.25, 0.3) is 0 Å². The molecule has 0 radical (unpaired) electrons. The highest BCUT2D eigenvalue weighted by Gasteiger charge is 2.09. The number of methoxy groups -OCH3 is 1. The highest BCUT2D eigenvalue weighted by Crippen LogP contribution is 2.29. The van der Waals surface area contributed by atoms with Crippen molar-refractivity contribution in [1.82, 2.24) is 0 Å². The highest BCUT2D eigenvalue weighted by molar-refractivity contribution is 5.71. The summed E-state index contributed by atoms with van der Waals surface area (Å²) < 4.78 is 18.9. The molecule has 88 valence electrons. The fraction of sp³-hybridized carbons (Fsp3) is 0.143. The molecule has 17 heavy (non-hydrogen) atoms. The van der Waals surface area contributed by atoms with Crippen LogP contribution in [0.4, 0.5) is 10.1 Å². The predicted molar refractivity (Wildman–Crippen MR) is 67.5 cm³/mol. The molecular formula is C14H14FNO. The van der Waals surface area contributed by atoms with Gasteiger partial charge in [0, 0.05) is 17.3 Å². The SMILES string of the molecule is COc1ccc(-c2cc(N)ccc2C)c(F)c1. The summed E-state index contributed by atoms with van der Waals surface area (Å²) in [6, 6.07) is 10.3. The van der Waals surface area contributed by atoms with Crippen LogP contribution in [0.25, 0.3) is 11.1 Å². The van der Waals surface area contributed by atoms with Crippen LogP contribution in [0, 0.1) is 12.7 Å². The van der Waals surface area contributed by atoms with Gasteiger partial charge >= 0.3 is 0 Å². The monoisotopic (exact) mass is 231 g/mol. The summed E-state index contributed by atoms with van der Waals surface area (Å²) in [6.07, 6.45) is 0. The molecule has 2 N–H and O–H groups in total. The normalized spacial score (nSPS) is 10.3. The van der Waals surface area contributed by atoms with Gasteiger partial charge in [-0.05, 0) is 42.3 Å². The summed E-state index contributed by atoms with van der Waals surface area (Å²) in [6.45, 7) is 1.93. The second-order valence-corrected chi connectivity index (χ2v) is 3.92. The summed E-state index contributed by atoms with van der Waals surface area (Å²) in [5.74, 6) is 0.200. The van der Waals surface area contributed by atoms with Gasteiger partial charge in [-0.25, -0.2) is 4.39 Å². The maximum Gasteiger partial charge on any atom is 0.134 e. The van der Waals surface area contributed by atoms with Gasteiger partial charge in [0.15, 0.2) is 0 Å². The van der Waals surface area contributed by atoms with E-state index in [0.717, 1.165) is 11.1 Å². The van der Waals surface area contributed by atoms with E-state index in [1.807, 2.05) is 13.0 Å². The number of nitrogen functional groups attached to an aromatic ring is 1. The minimum absolute atomic E-state index is 0.307. The van der Waals surface area contributed by atoms with Crippen molar-refractivity contribution < 1.29 is 9.13 Å². The largest absolute Gasteiger partial charge is 0.497 e. The van der Waals surface area contributed by atoms with Crippen molar-refractivity contribution in [3.05, 3.63) is 47.8 Å². The smallest absolute Gasteiger partial charge is 0.134 e. The number of hydrogen-bond donors (Lipinski definition) is 1. The van der Waals surface area contributed by atoms with E-state index >= 15 is 0 Å². The molecule has 2 aromatic rings. The molecule has 0 atom stereocenters. The lowest BCUT2D eigenvalue weighted by atomic mass is 9.99. The second kappa shape index (κ2) is 4.45. The molecule has 0 bridgehead atoms. The molecule has 0 saturated carbocycles. The van der Waals surface area contributed by atoms with E-state index in [2.05, 4.69) is 0 Å². The molecule has 3 heteroatoms. The topological polar surface area (TPSA) is 35.2 Å². The standard InChI is InChI=1S/C14H14FNO/c1-9-3-4-10(16)7-13(9)12-6-5-11(17-2)8-14(12)15/h3-8H,16H2,1-2H3. The number of halogens is 1. The van der Waals surface area contributed by atoms with Gasteiger partial charge in [-0.1, -0.05) is 6.07 Å². The molecule has 0 saturated heterocycles. The fourth-order valence-electron chi connectivity index (χ4n) is 1.77. The first-order valence-corrected chi connectivity index (χ1v) is 5.32. The van der Waals surface area contributed by atoms with Crippen molar-refractivity contribution in [3.63, 3.8) is 0 Å². The van der Waals surface area contributed by atoms with Gasteiger partial charge in [-0.2, -0.15) is 0 Å². The molecule has 2 nitrogen and oxygen atoms in total. The van der Waals surface area contributed by atoms with E-state index in [4.69, 9.17) is 10.5 Å². The molecule has 2 rings (SSSR count). The zero-order chi connectivity index (χ0) is 12.4. The Morgan fingerprint density at radius 3 is 2.47 bits per heavy atom. The van der Waals surface area contributed by atoms with Crippen LogP contribution in [0.5, 0.6) is 5.75 Å². The molecule has 0 aromatic heterocycles. The maximum atomic E-state index is 13.9. The summed E-state index contributed by atoms with van der Waals surface area (Å²) in [4.78, 5) is 0. The van der Waals surface area contributed by atoms with Crippen molar-refractivity contribution in [3.8, 4) is 16.9 Å². The van der Waals surface area contributed by atoms with Crippen LogP contribution < -0.4 is 10.5 Å². The Hall–Kier alpha value is -2.03. The second-order valence-electron chi connectivity index (χ2n) is 3.92. The summed E-state index contributed by atoms with van der Waals surface area (Å²) in [5.41, 5.74) is 8.69. The molecule has 0 spiro atoms. The average molecular weight is 231 g/mol. The number of aryl methyl sites for hydroxylation is 1. The van der Waals surface area contributed by atoms with Crippen LogP contribution >= 0.6 is 0 Å². The van der Waals surface area contributed by atoms with Crippen molar-refractivity contribution in [2.24, 2.45) is 0 Å². The number of nitrogens with two attached hydrogens (primary N) is 1. The zero-order valence-corrected chi connectivity index (χ0v) is 9.83.